The van der Waals surface area contributed by atoms with Gasteiger partial charge in [0.2, 0.25) is 5.91 Å². The molecule has 0 atom stereocenters. The summed E-state index contributed by atoms with van der Waals surface area (Å²) < 4.78 is 50.4. The number of thiophene rings is 1. The van der Waals surface area contributed by atoms with Crippen LogP contribution in [-0.2, 0) is 26.1 Å². The lowest BCUT2D eigenvalue weighted by atomic mass is 10.3. The van der Waals surface area contributed by atoms with Crippen LogP contribution in [0.5, 0.6) is 5.75 Å². The highest BCUT2D eigenvalue weighted by atomic mass is 32.2. The predicted molar refractivity (Wildman–Crippen MR) is 107 cm³/mol. The number of benzene rings is 1. The number of hydrogen-bond donors (Lipinski definition) is 1. The minimum atomic E-state index is -3.51. The Hall–Kier alpha value is -2.01. The number of halogens is 1. The van der Waals surface area contributed by atoms with Gasteiger partial charge >= 0.3 is 0 Å². The van der Waals surface area contributed by atoms with Gasteiger partial charge in [-0.25, -0.2) is 12.8 Å². The Kier molecular flexibility index (Phi) is 7.59. The van der Waals surface area contributed by atoms with Crippen LogP contribution in [0.2, 0.25) is 0 Å². The molecule has 1 aliphatic heterocycles. The fraction of sp³-hybridized carbons (Fsp3) is 0.421. The van der Waals surface area contributed by atoms with Gasteiger partial charge in [-0.3, -0.25) is 4.79 Å². The van der Waals surface area contributed by atoms with Crippen molar-refractivity contribution in [1.29, 1.82) is 0 Å². The zero-order chi connectivity index (χ0) is 20.7. The average molecular weight is 443 g/mol. The Morgan fingerprint density at radius 2 is 1.90 bits per heavy atom. The number of nitrogens with zero attached hydrogens (tertiary/aromatic N) is 1. The van der Waals surface area contributed by atoms with Crippen molar-refractivity contribution >= 4 is 27.3 Å². The molecular weight excluding hydrogens is 419 g/mol. The molecule has 158 valence electrons. The molecule has 0 bridgehead atoms. The number of carbonyl (C=O) groups excluding carboxylic acids is 1. The first kappa shape index (κ1) is 21.7. The monoisotopic (exact) mass is 442 g/mol. The van der Waals surface area contributed by atoms with E-state index in [0.717, 1.165) is 16.2 Å². The molecule has 7 nitrogen and oxygen atoms in total. The molecule has 3 rings (SSSR count). The Bertz CT molecular complexity index is 909. The minimum absolute atomic E-state index is 0.140. The van der Waals surface area contributed by atoms with Crippen LogP contribution in [0.1, 0.15) is 17.7 Å². The third-order valence-electron chi connectivity index (χ3n) is 4.29. The maximum absolute atomic E-state index is 12.8. The molecule has 1 amide bonds. The van der Waals surface area contributed by atoms with Gasteiger partial charge in [0.05, 0.1) is 26.4 Å². The smallest absolute Gasteiger partial charge is 0.252 e. The molecule has 0 spiro atoms. The second kappa shape index (κ2) is 10.1. The van der Waals surface area contributed by atoms with Crippen molar-refractivity contribution in [3.63, 3.8) is 0 Å². The van der Waals surface area contributed by atoms with Crippen molar-refractivity contribution in [1.82, 2.24) is 9.62 Å². The van der Waals surface area contributed by atoms with Crippen molar-refractivity contribution in [3.05, 3.63) is 47.1 Å². The summed E-state index contributed by atoms with van der Waals surface area (Å²) in [6.07, 6.45) is 0.801. The Morgan fingerprint density at radius 3 is 2.62 bits per heavy atom. The summed E-state index contributed by atoms with van der Waals surface area (Å²) in [5, 5.41) is 2.79. The van der Waals surface area contributed by atoms with Crippen LogP contribution in [0.15, 0.2) is 40.6 Å². The zero-order valence-electron chi connectivity index (χ0n) is 15.8. The lowest BCUT2D eigenvalue weighted by Crippen LogP contribution is -2.40. The van der Waals surface area contributed by atoms with E-state index < -0.39 is 10.0 Å². The van der Waals surface area contributed by atoms with Crippen LogP contribution in [-0.4, -0.2) is 51.5 Å². The van der Waals surface area contributed by atoms with Gasteiger partial charge in [0.1, 0.15) is 15.8 Å². The number of morpholine rings is 1. The van der Waals surface area contributed by atoms with Crippen LogP contribution < -0.4 is 10.1 Å². The standard InChI is InChI=1S/C19H23FN2O5S2/c20-15-3-5-16(6-4-15)27-11-1-2-18(23)21-14-17-7-8-19(28-17)29(24,25)22-9-12-26-13-10-22/h3-8H,1-2,9-14H2,(H,21,23). The molecule has 29 heavy (non-hydrogen) atoms. The molecule has 2 aromatic rings. The van der Waals surface area contributed by atoms with Gasteiger partial charge < -0.3 is 14.8 Å². The summed E-state index contributed by atoms with van der Waals surface area (Å²) >= 11 is 1.16. The van der Waals surface area contributed by atoms with Gasteiger partial charge in [0.15, 0.2) is 0 Å². The van der Waals surface area contributed by atoms with Crippen molar-refractivity contribution in [2.24, 2.45) is 0 Å². The van der Waals surface area contributed by atoms with E-state index in [2.05, 4.69) is 5.32 Å². The van der Waals surface area contributed by atoms with Gasteiger partial charge in [0, 0.05) is 24.4 Å². The Morgan fingerprint density at radius 1 is 1.17 bits per heavy atom. The van der Waals surface area contributed by atoms with E-state index >= 15 is 0 Å². The normalized spacial score (nSPS) is 15.2. The maximum atomic E-state index is 12.8. The fourth-order valence-electron chi connectivity index (χ4n) is 2.73. The van der Waals surface area contributed by atoms with Crippen LogP contribution in [0.4, 0.5) is 4.39 Å². The molecule has 1 aliphatic rings. The van der Waals surface area contributed by atoms with Gasteiger partial charge in [-0.15, -0.1) is 11.3 Å². The van der Waals surface area contributed by atoms with Crippen molar-refractivity contribution in [3.8, 4) is 5.75 Å². The van der Waals surface area contributed by atoms with Gasteiger partial charge in [-0.05, 0) is 42.8 Å². The third-order valence-corrected chi connectivity index (χ3v) is 7.74. The Labute approximate surface area is 173 Å². The number of rotatable bonds is 9. The number of hydrogen-bond acceptors (Lipinski definition) is 6. The molecule has 0 unspecified atom stereocenters. The predicted octanol–water partition coefficient (Wildman–Crippen LogP) is 2.38. The molecule has 0 aliphatic carbocycles. The topological polar surface area (TPSA) is 84.9 Å². The number of amides is 1. The molecule has 0 radical (unpaired) electrons. The quantitative estimate of drug-likeness (QED) is 0.603. The fourth-order valence-corrected chi connectivity index (χ4v) is 5.59. The summed E-state index contributed by atoms with van der Waals surface area (Å²) in [5.74, 6) is 0.0873. The molecule has 1 aromatic carbocycles. The summed E-state index contributed by atoms with van der Waals surface area (Å²) in [6.45, 7) is 2.14. The first-order valence-corrected chi connectivity index (χ1v) is 11.5. The molecule has 1 saturated heterocycles. The SMILES string of the molecule is O=C(CCCOc1ccc(F)cc1)NCc1ccc(S(=O)(=O)N2CCOCC2)s1. The van der Waals surface area contributed by atoms with Gasteiger partial charge in [-0.1, -0.05) is 0 Å². The zero-order valence-corrected chi connectivity index (χ0v) is 17.4. The second-order valence-electron chi connectivity index (χ2n) is 6.42. The highest BCUT2D eigenvalue weighted by Crippen LogP contribution is 2.25. The van der Waals surface area contributed by atoms with Gasteiger partial charge in [0.25, 0.3) is 10.0 Å². The highest BCUT2D eigenvalue weighted by molar-refractivity contribution is 7.91. The van der Waals surface area contributed by atoms with E-state index in [9.17, 15) is 17.6 Å². The minimum Gasteiger partial charge on any atom is -0.494 e. The molecule has 1 N–H and O–H groups in total. The van der Waals surface area contributed by atoms with Crippen molar-refractivity contribution in [2.45, 2.75) is 23.6 Å². The lowest BCUT2D eigenvalue weighted by Gasteiger charge is -2.25. The lowest BCUT2D eigenvalue weighted by molar-refractivity contribution is -0.121. The summed E-state index contributed by atoms with van der Waals surface area (Å²) in [6, 6.07) is 9.00. The molecule has 1 fully saturated rings. The van der Waals surface area contributed by atoms with Crippen LogP contribution >= 0.6 is 11.3 Å². The average Bonchev–Trinajstić information content (AvgIpc) is 3.22. The third kappa shape index (κ3) is 6.23. The second-order valence-corrected chi connectivity index (χ2v) is 9.75. The molecule has 1 aromatic heterocycles. The van der Waals surface area contributed by atoms with Crippen molar-refractivity contribution in [2.75, 3.05) is 32.9 Å². The van der Waals surface area contributed by atoms with Crippen LogP contribution in [0.3, 0.4) is 0 Å². The van der Waals surface area contributed by atoms with E-state index in [1.54, 1.807) is 12.1 Å². The van der Waals surface area contributed by atoms with E-state index in [1.807, 2.05) is 0 Å². The highest BCUT2D eigenvalue weighted by Gasteiger charge is 2.27. The van der Waals surface area contributed by atoms with E-state index in [4.69, 9.17) is 9.47 Å². The van der Waals surface area contributed by atoms with Gasteiger partial charge in [-0.2, -0.15) is 4.31 Å². The van der Waals surface area contributed by atoms with Crippen LogP contribution in [0.25, 0.3) is 0 Å². The van der Waals surface area contributed by atoms with E-state index in [-0.39, 0.29) is 28.9 Å². The number of ether oxygens (including phenoxy) is 2. The maximum Gasteiger partial charge on any atom is 0.252 e. The van der Waals surface area contributed by atoms with Crippen LogP contribution in [0, 0.1) is 5.82 Å². The molecule has 0 saturated carbocycles. The molecule has 10 heteroatoms. The summed E-state index contributed by atoms with van der Waals surface area (Å²) in [4.78, 5) is 12.7. The summed E-state index contributed by atoms with van der Waals surface area (Å²) in [5.41, 5.74) is 0. The number of carbonyl (C=O) groups is 1. The van der Waals surface area contributed by atoms with E-state index in [0.29, 0.717) is 45.1 Å². The number of nitrogens with one attached hydrogen (secondary N) is 1. The number of sulfonamides is 1. The van der Waals surface area contributed by atoms with Crippen molar-refractivity contribution < 1.29 is 27.1 Å². The molecular formula is C19H23FN2O5S2. The summed E-state index contributed by atoms with van der Waals surface area (Å²) in [7, 11) is -3.51. The molecule has 2 heterocycles. The Balaban J connectivity index is 1.39. The first-order valence-electron chi connectivity index (χ1n) is 9.27. The largest absolute Gasteiger partial charge is 0.494 e. The first-order chi connectivity index (χ1) is 13.9. The van der Waals surface area contributed by atoms with E-state index in [1.165, 1.54) is 28.6 Å².